The van der Waals surface area contributed by atoms with Gasteiger partial charge in [0.05, 0.1) is 25.0 Å². The van der Waals surface area contributed by atoms with Crippen molar-refractivity contribution in [3.63, 3.8) is 0 Å². The summed E-state index contributed by atoms with van der Waals surface area (Å²) in [7, 11) is 0. The normalized spacial score (nSPS) is 19.7. The van der Waals surface area contributed by atoms with Gasteiger partial charge in [-0.15, -0.1) is 0 Å². The first-order chi connectivity index (χ1) is 15.5. The van der Waals surface area contributed by atoms with Crippen LogP contribution < -0.4 is 0 Å². The molecule has 0 bridgehead atoms. The van der Waals surface area contributed by atoms with Gasteiger partial charge in [-0.3, -0.25) is 9.59 Å². The van der Waals surface area contributed by atoms with Crippen molar-refractivity contribution in [3.8, 4) is 0 Å². The number of esters is 2. The largest absolute Gasteiger partial charge is 0.465 e. The van der Waals surface area contributed by atoms with E-state index in [1.54, 1.807) is 0 Å². The molecule has 0 heterocycles. The predicted molar refractivity (Wildman–Crippen MR) is 132 cm³/mol. The third-order valence-corrected chi connectivity index (χ3v) is 6.94. The van der Waals surface area contributed by atoms with E-state index in [0.29, 0.717) is 19.1 Å². The van der Waals surface area contributed by atoms with E-state index >= 15 is 0 Å². The minimum absolute atomic E-state index is 0.0352. The summed E-state index contributed by atoms with van der Waals surface area (Å²) in [5, 5.41) is 0. The lowest BCUT2D eigenvalue weighted by Gasteiger charge is -2.26. The van der Waals surface area contributed by atoms with Gasteiger partial charge in [-0.25, -0.2) is 0 Å². The van der Waals surface area contributed by atoms with Gasteiger partial charge in [0.1, 0.15) is 0 Å². The Kier molecular flexibility index (Phi) is 16.6. The van der Waals surface area contributed by atoms with E-state index in [9.17, 15) is 9.59 Å². The first-order valence-corrected chi connectivity index (χ1v) is 13.8. The lowest BCUT2D eigenvalue weighted by Crippen LogP contribution is -2.29. The summed E-state index contributed by atoms with van der Waals surface area (Å²) in [6.45, 7) is 10.1. The fraction of sp³-hybridized carbons (Fsp3) is 0.929. The first-order valence-electron chi connectivity index (χ1n) is 13.8. The summed E-state index contributed by atoms with van der Waals surface area (Å²) in [4.78, 5) is 24.9. The van der Waals surface area contributed by atoms with E-state index in [2.05, 4.69) is 27.7 Å². The molecule has 0 aliphatic heterocycles. The molecular weight excluding hydrogens is 400 g/mol. The Hall–Kier alpha value is -1.06. The average molecular weight is 453 g/mol. The van der Waals surface area contributed by atoms with E-state index in [1.807, 2.05) is 0 Å². The Bertz CT molecular complexity index is 480. The SMILES string of the molecule is CCCCCC(CCC)COC(=O)C1CCC(C(=O)OCCCCCCCC(C)C)CC1. The molecule has 0 aromatic rings. The molecule has 1 fully saturated rings. The Labute approximate surface area is 198 Å². The molecule has 0 radical (unpaired) electrons. The molecule has 1 aliphatic carbocycles. The van der Waals surface area contributed by atoms with Crippen LogP contribution in [0.2, 0.25) is 0 Å². The smallest absolute Gasteiger partial charge is 0.308 e. The third kappa shape index (κ3) is 13.5. The van der Waals surface area contributed by atoms with Gasteiger partial charge in [0, 0.05) is 0 Å². The summed E-state index contributed by atoms with van der Waals surface area (Å²) >= 11 is 0. The number of hydrogen-bond acceptors (Lipinski definition) is 4. The highest BCUT2D eigenvalue weighted by atomic mass is 16.5. The number of carbonyl (C=O) groups excluding carboxylic acids is 2. The van der Waals surface area contributed by atoms with Gasteiger partial charge in [0.2, 0.25) is 0 Å². The molecule has 1 atom stereocenters. The lowest BCUT2D eigenvalue weighted by atomic mass is 9.82. The van der Waals surface area contributed by atoms with Crippen LogP contribution in [-0.4, -0.2) is 25.2 Å². The molecule has 1 unspecified atom stereocenters. The van der Waals surface area contributed by atoms with Crippen LogP contribution in [0.5, 0.6) is 0 Å². The predicted octanol–water partition coefficient (Wildman–Crippen LogP) is 7.87. The maximum absolute atomic E-state index is 12.5. The van der Waals surface area contributed by atoms with Crippen LogP contribution in [-0.2, 0) is 19.1 Å². The summed E-state index contributed by atoms with van der Waals surface area (Å²) in [5.41, 5.74) is 0. The number of unbranched alkanes of at least 4 members (excludes halogenated alkanes) is 6. The average Bonchev–Trinajstić information content (AvgIpc) is 2.78. The van der Waals surface area contributed by atoms with Gasteiger partial charge in [-0.05, 0) is 56.8 Å². The van der Waals surface area contributed by atoms with E-state index in [-0.39, 0.29) is 23.8 Å². The molecular formula is C28H52O4. The highest BCUT2D eigenvalue weighted by Crippen LogP contribution is 2.31. The second-order valence-electron chi connectivity index (χ2n) is 10.4. The zero-order chi connectivity index (χ0) is 23.6. The van der Waals surface area contributed by atoms with Crippen molar-refractivity contribution in [2.24, 2.45) is 23.7 Å². The van der Waals surface area contributed by atoms with Crippen LogP contribution in [0.15, 0.2) is 0 Å². The molecule has 0 saturated heterocycles. The number of rotatable bonds is 18. The topological polar surface area (TPSA) is 52.6 Å². The molecule has 32 heavy (non-hydrogen) atoms. The van der Waals surface area contributed by atoms with Crippen LogP contribution in [0.25, 0.3) is 0 Å². The monoisotopic (exact) mass is 452 g/mol. The zero-order valence-electron chi connectivity index (χ0n) is 21.7. The molecule has 4 nitrogen and oxygen atoms in total. The van der Waals surface area contributed by atoms with E-state index < -0.39 is 0 Å². The van der Waals surface area contributed by atoms with Gasteiger partial charge in [0.15, 0.2) is 0 Å². The van der Waals surface area contributed by atoms with Gasteiger partial charge in [-0.1, -0.05) is 85.5 Å². The molecule has 1 saturated carbocycles. The Morgan fingerprint density at radius 1 is 0.688 bits per heavy atom. The summed E-state index contributed by atoms with van der Waals surface area (Å²) in [5.74, 6) is 1.11. The quantitative estimate of drug-likeness (QED) is 0.157. The van der Waals surface area contributed by atoms with Crippen molar-refractivity contribution in [2.75, 3.05) is 13.2 Å². The van der Waals surface area contributed by atoms with Crippen LogP contribution in [0.4, 0.5) is 0 Å². The standard InChI is InChI=1S/C28H52O4/c1-5-7-11-16-24(14-6-2)22-32-28(30)26-19-17-25(18-20-26)27(29)31-21-13-10-8-9-12-15-23(3)4/h23-26H,5-22H2,1-4H3. The molecule has 1 aliphatic rings. The Morgan fingerprint density at radius 3 is 1.84 bits per heavy atom. The van der Waals surface area contributed by atoms with Gasteiger partial charge in [0.25, 0.3) is 0 Å². The molecule has 0 N–H and O–H groups in total. The van der Waals surface area contributed by atoms with Crippen LogP contribution >= 0.6 is 0 Å². The van der Waals surface area contributed by atoms with Gasteiger partial charge >= 0.3 is 11.9 Å². The highest BCUT2D eigenvalue weighted by molar-refractivity contribution is 5.75. The molecule has 1 rings (SSSR count). The fourth-order valence-corrected chi connectivity index (χ4v) is 4.76. The molecule has 0 aromatic carbocycles. The van der Waals surface area contributed by atoms with E-state index in [0.717, 1.165) is 63.7 Å². The molecule has 0 aromatic heterocycles. The summed E-state index contributed by atoms with van der Waals surface area (Å²) in [6.07, 6.45) is 17.4. The first kappa shape index (κ1) is 29.0. The number of hydrogen-bond donors (Lipinski definition) is 0. The minimum Gasteiger partial charge on any atom is -0.465 e. The molecule has 0 spiro atoms. The zero-order valence-corrected chi connectivity index (χ0v) is 21.7. The van der Waals surface area contributed by atoms with Crippen LogP contribution in [0, 0.1) is 23.7 Å². The van der Waals surface area contributed by atoms with Crippen molar-refractivity contribution < 1.29 is 19.1 Å². The summed E-state index contributed by atoms with van der Waals surface area (Å²) in [6, 6.07) is 0. The van der Waals surface area contributed by atoms with Crippen molar-refractivity contribution in [3.05, 3.63) is 0 Å². The van der Waals surface area contributed by atoms with Gasteiger partial charge < -0.3 is 9.47 Å². The second kappa shape index (κ2) is 18.4. The number of ether oxygens (including phenoxy) is 2. The van der Waals surface area contributed by atoms with E-state index in [1.165, 1.54) is 44.9 Å². The van der Waals surface area contributed by atoms with Crippen molar-refractivity contribution in [1.82, 2.24) is 0 Å². The second-order valence-corrected chi connectivity index (χ2v) is 10.4. The lowest BCUT2D eigenvalue weighted by molar-refractivity contribution is -0.156. The van der Waals surface area contributed by atoms with Gasteiger partial charge in [-0.2, -0.15) is 0 Å². The molecule has 188 valence electrons. The maximum Gasteiger partial charge on any atom is 0.308 e. The van der Waals surface area contributed by atoms with Crippen LogP contribution in [0.3, 0.4) is 0 Å². The Morgan fingerprint density at radius 2 is 1.25 bits per heavy atom. The summed E-state index contributed by atoms with van der Waals surface area (Å²) < 4.78 is 11.2. The third-order valence-electron chi connectivity index (χ3n) is 6.94. The van der Waals surface area contributed by atoms with Crippen molar-refractivity contribution in [2.45, 2.75) is 130 Å². The van der Waals surface area contributed by atoms with Crippen molar-refractivity contribution in [1.29, 1.82) is 0 Å². The Balaban J connectivity index is 2.15. The fourth-order valence-electron chi connectivity index (χ4n) is 4.76. The maximum atomic E-state index is 12.5. The molecule has 4 heteroatoms. The van der Waals surface area contributed by atoms with Crippen LogP contribution in [0.1, 0.15) is 130 Å². The molecule has 0 amide bonds. The number of carbonyl (C=O) groups is 2. The van der Waals surface area contributed by atoms with Crippen molar-refractivity contribution >= 4 is 11.9 Å². The van der Waals surface area contributed by atoms with E-state index in [4.69, 9.17) is 9.47 Å². The minimum atomic E-state index is -0.0597. The highest BCUT2D eigenvalue weighted by Gasteiger charge is 2.31.